The van der Waals surface area contributed by atoms with Gasteiger partial charge in [0.05, 0.1) is 6.17 Å². The van der Waals surface area contributed by atoms with Gasteiger partial charge in [0.2, 0.25) is 11.7 Å². The second-order valence-electron chi connectivity index (χ2n) is 9.22. The highest BCUT2D eigenvalue weighted by molar-refractivity contribution is 6.37. The average Bonchev–Trinajstić information content (AvgIpc) is 3.59. The summed E-state index contributed by atoms with van der Waals surface area (Å²) < 4.78 is 10.5. The first kappa shape index (κ1) is 23.9. The number of halogens is 1. The second-order valence-corrected chi connectivity index (χ2v) is 9.63. The minimum atomic E-state index is -0.117. The lowest BCUT2D eigenvalue weighted by Gasteiger charge is -2.32. The number of carbonyl (C=O) groups is 1. The average molecular weight is 496 g/mol. The summed E-state index contributed by atoms with van der Waals surface area (Å²) in [7, 11) is 0. The van der Waals surface area contributed by atoms with Gasteiger partial charge < -0.3 is 9.26 Å². The van der Waals surface area contributed by atoms with Crippen LogP contribution in [0.25, 0.3) is 17.0 Å². The lowest BCUT2D eigenvalue weighted by Crippen LogP contribution is -2.45. The van der Waals surface area contributed by atoms with Gasteiger partial charge in [-0.3, -0.25) is 15.0 Å². The molecule has 1 aromatic carbocycles. The van der Waals surface area contributed by atoms with E-state index in [-0.39, 0.29) is 18.1 Å². The molecule has 3 heterocycles. The van der Waals surface area contributed by atoms with Crippen molar-refractivity contribution >= 4 is 28.9 Å². The molecule has 0 spiro atoms. The van der Waals surface area contributed by atoms with Gasteiger partial charge in [-0.2, -0.15) is 4.98 Å². The number of nitrogens with zero attached hydrogens (tertiary/aromatic N) is 4. The van der Waals surface area contributed by atoms with E-state index in [0.29, 0.717) is 33.9 Å². The van der Waals surface area contributed by atoms with E-state index in [0.717, 1.165) is 55.9 Å². The maximum Gasteiger partial charge on any atom is 0.260 e. The first-order valence-corrected chi connectivity index (χ1v) is 12.6. The van der Waals surface area contributed by atoms with E-state index in [1.54, 1.807) is 13.0 Å². The van der Waals surface area contributed by atoms with Crippen LogP contribution in [0, 0.1) is 6.92 Å². The molecule has 9 heteroatoms. The van der Waals surface area contributed by atoms with Crippen molar-refractivity contribution in [1.29, 1.82) is 0 Å². The van der Waals surface area contributed by atoms with Gasteiger partial charge in [-0.05, 0) is 51.7 Å². The van der Waals surface area contributed by atoms with E-state index in [2.05, 4.69) is 15.5 Å². The molecule has 2 aliphatic heterocycles. The summed E-state index contributed by atoms with van der Waals surface area (Å²) in [5.41, 5.74) is 2.90. The SMILES string of the molecule is C/C=C1/C=C(c2ccc(-c3noc(C)n3)cc2Cl)C(=O)N(C2CC2)/C1=N/C(C)NC1CCOCC1. The van der Waals surface area contributed by atoms with Gasteiger partial charge in [0, 0.05) is 59.5 Å². The summed E-state index contributed by atoms with van der Waals surface area (Å²) in [6.07, 6.45) is 7.68. The highest BCUT2D eigenvalue weighted by Gasteiger charge is 2.41. The predicted molar refractivity (Wildman–Crippen MR) is 135 cm³/mol. The normalized spacial score (nSPS) is 22.7. The molecule has 1 saturated carbocycles. The number of hydrogen-bond donors (Lipinski definition) is 1. The number of benzene rings is 1. The smallest absolute Gasteiger partial charge is 0.260 e. The number of nitrogens with one attached hydrogen (secondary N) is 1. The van der Waals surface area contributed by atoms with Gasteiger partial charge in [0.1, 0.15) is 5.84 Å². The third-order valence-corrected chi connectivity index (χ3v) is 6.83. The number of allylic oxidation sites excluding steroid dienone is 1. The first-order chi connectivity index (χ1) is 16.9. The largest absolute Gasteiger partial charge is 0.381 e. The lowest BCUT2D eigenvalue weighted by molar-refractivity contribution is -0.121. The number of aliphatic imine (C=N–C) groups is 1. The van der Waals surface area contributed by atoms with Crippen molar-refractivity contribution in [1.82, 2.24) is 20.4 Å². The van der Waals surface area contributed by atoms with Gasteiger partial charge >= 0.3 is 0 Å². The fourth-order valence-electron chi connectivity index (χ4n) is 4.58. The van der Waals surface area contributed by atoms with E-state index >= 15 is 0 Å². The van der Waals surface area contributed by atoms with E-state index < -0.39 is 0 Å². The highest BCUT2D eigenvalue weighted by Crippen LogP contribution is 2.38. The molecule has 1 saturated heterocycles. The molecule has 1 N–H and O–H groups in total. The Morgan fingerprint density at radius 1 is 1.26 bits per heavy atom. The molecule has 1 amide bonds. The number of hydrogen-bond acceptors (Lipinski definition) is 7. The van der Waals surface area contributed by atoms with Crippen molar-refractivity contribution in [2.45, 2.75) is 64.7 Å². The molecule has 0 bridgehead atoms. The van der Waals surface area contributed by atoms with Crippen LogP contribution in [0.3, 0.4) is 0 Å². The van der Waals surface area contributed by atoms with Gasteiger partial charge in [-0.15, -0.1) is 0 Å². The number of aryl methyl sites for hydroxylation is 1. The predicted octanol–water partition coefficient (Wildman–Crippen LogP) is 4.55. The second kappa shape index (κ2) is 10.0. The van der Waals surface area contributed by atoms with Crippen molar-refractivity contribution in [2.75, 3.05) is 13.2 Å². The minimum Gasteiger partial charge on any atom is -0.381 e. The van der Waals surface area contributed by atoms with E-state index in [1.807, 2.05) is 43.0 Å². The molecule has 184 valence electrons. The number of carbonyl (C=O) groups excluding carboxylic acids is 1. The number of rotatable bonds is 6. The first-order valence-electron chi connectivity index (χ1n) is 12.2. The summed E-state index contributed by atoms with van der Waals surface area (Å²) in [5, 5.41) is 8.01. The Bertz CT molecular complexity index is 1210. The van der Waals surface area contributed by atoms with Gasteiger partial charge in [-0.25, -0.2) is 4.99 Å². The monoisotopic (exact) mass is 495 g/mol. The Balaban J connectivity index is 1.46. The molecule has 35 heavy (non-hydrogen) atoms. The van der Waals surface area contributed by atoms with Crippen LogP contribution in [-0.2, 0) is 9.53 Å². The number of amidine groups is 1. The third-order valence-electron chi connectivity index (χ3n) is 6.52. The fourth-order valence-corrected chi connectivity index (χ4v) is 4.86. The van der Waals surface area contributed by atoms with Crippen LogP contribution in [0.2, 0.25) is 5.02 Å². The molecule has 2 aromatic rings. The van der Waals surface area contributed by atoms with Crippen molar-refractivity contribution in [2.24, 2.45) is 4.99 Å². The summed E-state index contributed by atoms with van der Waals surface area (Å²) >= 11 is 6.68. The van der Waals surface area contributed by atoms with E-state index in [1.165, 1.54) is 0 Å². The molecular weight excluding hydrogens is 466 g/mol. The summed E-state index contributed by atoms with van der Waals surface area (Å²) in [6.45, 7) is 7.29. The molecule has 1 unspecified atom stereocenters. The maximum atomic E-state index is 13.8. The van der Waals surface area contributed by atoms with Gasteiger partial charge in [-0.1, -0.05) is 35.0 Å². The summed E-state index contributed by atoms with van der Waals surface area (Å²) in [6, 6.07) is 6.02. The van der Waals surface area contributed by atoms with Crippen LogP contribution >= 0.6 is 11.6 Å². The van der Waals surface area contributed by atoms with Crippen LogP contribution in [-0.4, -0.2) is 58.2 Å². The Labute approximate surface area is 210 Å². The van der Waals surface area contributed by atoms with Crippen molar-refractivity contribution < 1.29 is 14.1 Å². The minimum absolute atomic E-state index is 0.0693. The lowest BCUT2D eigenvalue weighted by atomic mass is 9.95. The topological polar surface area (TPSA) is 92.9 Å². The number of amides is 1. The van der Waals surface area contributed by atoms with Gasteiger partial charge in [0.25, 0.3) is 5.91 Å². The molecule has 8 nitrogen and oxygen atoms in total. The zero-order chi connectivity index (χ0) is 24.5. The van der Waals surface area contributed by atoms with Crippen molar-refractivity contribution in [3.8, 4) is 11.4 Å². The fraction of sp³-hybridized carbons (Fsp3) is 0.462. The number of ether oxygens (including phenoxy) is 1. The quantitative estimate of drug-likeness (QED) is 0.632. The molecule has 2 fully saturated rings. The van der Waals surface area contributed by atoms with Gasteiger partial charge in [0.15, 0.2) is 0 Å². The molecule has 1 atom stereocenters. The van der Waals surface area contributed by atoms with E-state index in [4.69, 9.17) is 25.9 Å². The Morgan fingerprint density at radius 3 is 2.66 bits per heavy atom. The molecule has 1 aliphatic carbocycles. The van der Waals surface area contributed by atoms with Crippen LogP contribution in [0.4, 0.5) is 0 Å². The summed E-state index contributed by atoms with van der Waals surface area (Å²) in [5.74, 6) is 1.61. The molecule has 0 radical (unpaired) electrons. The van der Waals surface area contributed by atoms with Crippen LogP contribution in [0.5, 0.6) is 0 Å². The Morgan fingerprint density at radius 2 is 2.03 bits per heavy atom. The molecule has 3 aliphatic rings. The van der Waals surface area contributed by atoms with E-state index in [9.17, 15) is 4.79 Å². The Kier molecular flexibility index (Phi) is 6.86. The zero-order valence-electron chi connectivity index (χ0n) is 20.3. The Hall–Kier alpha value is -2.81. The molecule has 5 rings (SSSR count). The van der Waals surface area contributed by atoms with Crippen LogP contribution in [0.15, 0.2) is 45.4 Å². The van der Waals surface area contributed by atoms with Crippen molar-refractivity contribution in [3.63, 3.8) is 0 Å². The number of aromatic nitrogens is 2. The highest BCUT2D eigenvalue weighted by atomic mass is 35.5. The molecular formula is C26H30ClN5O3. The zero-order valence-corrected chi connectivity index (χ0v) is 21.0. The third kappa shape index (κ3) is 5.10. The maximum absolute atomic E-state index is 13.8. The van der Waals surface area contributed by atoms with Crippen LogP contribution in [0.1, 0.15) is 51.0 Å². The summed E-state index contributed by atoms with van der Waals surface area (Å²) in [4.78, 5) is 24.9. The van der Waals surface area contributed by atoms with Crippen molar-refractivity contribution in [3.05, 3.63) is 52.4 Å². The molecule has 1 aromatic heterocycles. The standard InChI is InChI=1S/C26H30ClN5O3/c1-4-17-13-22(21-8-5-18(14-23(21)27)24-30-16(3)35-31-24)26(33)32(20-6-7-20)25(17)29-15(2)28-19-9-11-34-12-10-19/h4-5,8,13-15,19-20,28H,6-7,9-12H2,1-3H3/b17-4-,29-25+. The van der Waals surface area contributed by atoms with Crippen LogP contribution < -0.4 is 5.32 Å².